The Morgan fingerprint density at radius 3 is 2.47 bits per heavy atom. The standard InChI is InChI=1S/C27H33N3O2/c1-3-13-28-18-23-17-24(19-28)30(23)26(22-7-6-8-25(16-22)32-2)20-9-11-21(12-10-20)27(31)29-14-4-5-15-29/h3,6-12,16,23-24,26H,1,4-5,13-15,17-19H2,2H3. The number of likely N-dealkylation sites (tertiary alicyclic amines) is 1. The first-order valence-corrected chi connectivity index (χ1v) is 11.8. The number of methoxy groups -OCH3 is 1. The Bertz CT molecular complexity index is 955. The van der Waals surface area contributed by atoms with Gasteiger partial charge in [-0.2, -0.15) is 0 Å². The number of carbonyl (C=O) groups is 1. The minimum atomic E-state index is 0.160. The smallest absolute Gasteiger partial charge is 0.253 e. The Morgan fingerprint density at radius 1 is 1.09 bits per heavy atom. The summed E-state index contributed by atoms with van der Waals surface area (Å²) in [6, 6.07) is 18.0. The van der Waals surface area contributed by atoms with Crippen LogP contribution >= 0.6 is 0 Å². The molecule has 0 spiro atoms. The SMILES string of the molecule is C=CCN1CC2CC(C1)N2C(c1ccc(C(=O)N2CCCC2)cc1)c1cccc(OC)c1. The summed E-state index contributed by atoms with van der Waals surface area (Å²) in [5.74, 6) is 1.04. The molecule has 5 nitrogen and oxygen atoms in total. The van der Waals surface area contributed by atoms with Crippen molar-refractivity contribution in [1.82, 2.24) is 14.7 Å². The summed E-state index contributed by atoms with van der Waals surface area (Å²) in [7, 11) is 1.72. The van der Waals surface area contributed by atoms with Crippen LogP contribution in [0.1, 0.15) is 46.8 Å². The van der Waals surface area contributed by atoms with Crippen LogP contribution in [0.2, 0.25) is 0 Å². The van der Waals surface area contributed by atoms with Gasteiger partial charge in [0.05, 0.1) is 13.2 Å². The average Bonchev–Trinajstić information content (AvgIpc) is 3.37. The van der Waals surface area contributed by atoms with Gasteiger partial charge < -0.3 is 9.64 Å². The quantitative estimate of drug-likeness (QED) is 0.622. The van der Waals surface area contributed by atoms with E-state index >= 15 is 0 Å². The van der Waals surface area contributed by atoms with Crippen molar-refractivity contribution in [3.8, 4) is 5.75 Å². The Hall–Kier alpha value is -2.63. The van der Waals surface area contributed by atoms with E-state index in [-0.39, 0.29) is 11.9 Å². The zero-order valence-corrected chi connectivity index (χ0v) is 19.0. The molecule has 2 bridgehead atoms. The van der Waals surface area contributed by atoms with Gasteiger partial charge in [0.2, 0.25) is 0 Å². The van der Waals surface area contributed by atoms with Gasteiger partial charge in [-0.1, -0.05) is 30.3 Å². The molecule has 1 amide bonds. The minimum absolute atomic E-state index is 0.160. The molecule has 3 atom stereocenters. The summed E-state index contributed by atoms with van der Waals surface area (Å²) in [6.45, 7) is 8.79. The van der Waals surface area contributed by atoms with Crippen molar-refractivity contribution < 1.29 is 9.53 Å². The predicted octanol–water partition coefficient (Wildman–Crippen LogP) is 3.97. The molecule has 0 aliphatic carbocycles. The summed E-state index contributed by atoms with van der Waals surface area (Å²) in [5, 5.41) is 0. The third-order valence-electron chi connectivity index (χ3n) is 7.29. The van der Waals surface area contributed by atoms with Crippen LogP contribution in [0.4, 0.5) is 0 Å². The number of rotatable bonds is 7. The number of nitrogens with zero attached hydrogens (tertiary/aromatic N) is 3. The maximum absolute atomic E-state index is 12.8. The van der Waals surface area contributed by atoms with E-state index in [0.717, 1.165) is 56.9 Å². The molecule has 4 aliphatic heterocycles. The van der Waals surface area contributed by atoms with Crippen LogP contribution in [0.25, 0.3) is 0 Å². The lowest BCUT2D eigenvalue weighted by Gasteiger charge is -2.59. The normalized spacial score (nSPS) is 24.1. The highest BCUT2D eigenvalue weighted by Crippen LogP contribution is 2.43. The molecule has 32 heavy (non-hydrogen) atoms. The second-order valence-electron chi connectivity index (χ2n) is 9.30. The second kappa shape index (κ2) is 9.08. The van der Waals surface area contributed by atoms with Gasteiger partial charge in [-0.3, -0.25) is 14.6 Å². The molecule has 4 heterocycles. The van der Waals surface area contributed by atoms with Gasteiger partial charge in [0, 0.05) is 50.4 Å². The van der Waals surface area contributed by atoms with E-state index in [1.54, 1.807) is 7.11 Å². The van der Waals surface area contributed by atoms with Crippen molar-refractivity contribution in [2.75, 3.05) is 39.8 Å². The number of piperidine rings is 1. The minimum Gasteiger partial charge on any atom is -0.497 e. The second-order valence-corrected chi connectivity index (χ2v) is 9.30. The fraction of sp³-hybridized carbons (Fsp3) is 0.444. The fourth-order valence-corrected chi connectivity index (χ4v) is 5.74. The molecule has 2 aromatic rings. The van der Waals surface area contributed by atoms with Crippen LogP contribution in [0.3, 0.4) is 0 Å². The lowest BCUT2D eigenvalue weighted by Crippen LogP contribution is -2.69. The first-order valence-electron chi connectivity index (χ1n) is 11.8. The van der Waals surface area contributed by atoms with Crippen molar-refractivity contribution in [2.45, 2.75) is 37.4 Å². The van der Waals surface area contributed by atoms with Crippen molar-refractivity contribution in [1.29, 1.82) is 0 Å². The van der Waals surface area contributed by atoms with Crippen molar-refractivity contribution in [3.63, 3.8) is 0 Å². The molecule has 4 aliphatic rings. The zero-order valence-electron chi connectivity index (χ0n) is 19.0. The molecule has 0 N–H and O–H groups in total. The maximum atomic E-state index is 12.8. The number of fused-ring (bicyclic) bond motifs is 2. The first-order chi connectivity index (χ1) is 15.7. The molecule has 6 rings (SSSR count). The van der Waals surface area contributed by atoms with E-state index in [1.807, 2.05) is 29.2 Å². The van der Waals surface area contributed by atoms with Crippen LogP contribution in [0.15, 0.2) is 61.2 Å². The Balaban J connectivity index is 1.44. The van der Waals surface area contributed by atoms with E-state index in [9.17, 15) is 4.79 Å². The van der Waals surface area contributed by atoms with Gasteiger partial charge >= 0.3 is 0 Å². The van der Waals surface area contributed by atoms with Crippen LogP contribution in [-0.4, -0.2) is 72.5 Å². The predicted molar refractivity (Wildman–Crippen MR) is 127 cm³/mol. The average molecular weight is 432 g/mol. The van der Waals surface area contributed by atoms with Gasteiger partial charge in [-0.15, -0.1) is 6.58 Å². The number of hydrogen-bond donors (Lipinski definition) is 0. The van der Waals surface area contributed by atoms with Gasteiger partial charge in [0.15, 0.2) is 0 Å². The number of benzene rings is 2. The van der Waals surface area contributed by atoms with E-state index in [1.165, 1.54) is 17.5 Å². The highest BCUT2D eigenvalue weighted by Gasteiger charge is 2.48. The molecule has 5 heteroatoms. The van der Waals surface area contributed by atoms with E-state index in [4.69, 9.17) is 4.74 Å². The molecule has 0 radical (unpaired) electrons. The van der Waals surface area contributed by atoms with Crippen molar-refractivity contribution in [2.24, 2.45) is 0 Å². The van der Waals surface area contributed by atoms with Crippen molar-refractivity contribution >= 4 is 5.91 Å². The number of amides is 1. The van der Waals surface area contributed by atoms with Crippen LogP contribution in [0.5, 0.6) is 5.75 Å². The summed E-state index contributed by atoms with van der Waals surface area (Å²) >= 11 is 0. The maximum Gasteiger partial charge on any atom is 0.253 e. The highest BCUT2D eigenvalue weighted by molar-refractivity contribution is 5.94. The number of carbonyl (C=O) groups excluding carboxylic acids is 1. The van der Waals surface area contributed by atoms with Gasteiger partial charge in [0.25, 0.3) is 5.91 Å². The Labute approximate surface area is 191 Å². The summed E-state index contributed by atoms with van der Waals surface area (Å²) in [5.41, 5.74) is 3.28. The van der Waals surface area contributed by atoms with Crippen LogP contribution < -0.4 is 4.74 Å². The Morgan fingerprint density at radius 2 is 1.81 bits per heavy atom. The first kappa shape index (κ1) is 21.2. The summed E-state index contributed by atoms with van der Waals surface area (Å²) < 4.78 is 5.53. The molecule has 168 valence electrons. The molecular formula is C27H33N3O2. The highest BCUT2D eigenvalue weighted by atomic mass is 16.5. The molecular weight excluding hydrogens is 398 g/mol. The topological polar surface area (TPSA) is 36.0 Å². The summed E-state index contributed by atoms with van der Waals surface area (Å²) in [6.07, 6.45) is 5.48. The number of hydrogen-bond acceptors (Lipinski definition) is 4. The van der Waals surface area contributed by atoms with Gasteiger partial charge in [-0.05, 0) is 54.7 Å². The fourth-order valence-electron chi connectivity index (χ4n) is 5.74. The molecule has 4 fully saturated rings. The molecule has 0 saturated carbocycles. The number of ether oxygens (including phenoxy) is 1. The Kier molecular flexibility index (Phi) is 6.03. The number of piperazine rings is 1. The molecule has 4 saturated heterocycles. The molecule has 2 aromatic carbocycles. The van der Waals surface area contributed by atoms with E-state index in [2.05, 4.69) is 46.7 Å². The van der Waals surface area contributed by atoms with E-state index < -0.39 is 0 Å². The molecule has 0 aromatic heterocycles. The largest absolute Gasteiger partial charge is 0.497 e. The zero-order chi connectivity index (χ0) is 22.1. The van der Waals surface area contributed by atoms with E-state index in [0.29, 0.717) is 12.1 Å². The van der Waals surface area contributed by atoms with Gasteiger partial charge in [-0.25, -0.2) is 0 Å². The van der Waals surface area contributed by atoms with Gasteiger partial charge in [0.1, 0.15) is 5.75 Å². The third-order valence-corrected chi connectivity index (χ3v) is 7.29. The lowest BCUT2D eigenvalue weighted by atomic mass is 9.81. The summed E-state index contributed by atoms with van der Waals surface area (Å²) in [4.78, 5) is 20.0. The van der Waals surface area contributed by atoms with Crippen LogP contribution in [0, 0.1) is 0 Å². The third kappa shape index (κ3) is 3.96. The molecule has 3 unspecified atom stereocenters. The lowest BCUT2D eigenvalue weighted by molar-refractivity contribution is -0.0850. The monoisotopic (exact) mass is 431 g/mol. The van der Waals surface area contributed by atoms with Crippen molar-refractivity contribution in [3.05, 3.63) is 77.9 Å². The van der Waals surface area contributed by atoms with Crippen LogP contribution in [-0.2, 0) is 0 Å².